The van der Waals surface area contributed by atoms with E-state index in [4.69, 9.17) is 0 Å². The van der Waals surface area contributed by atoms with E-state index in [0.29, 0.717) is 0 Å². The number of aryl methyl sites for hydroxylation is 1. The molecular weight excluding hydrogens is 265 g/mol. The molecule has 0 aliphatic heterocycles. The molecule has 12 heavy (non-hydrogen) atoms. The molecular formula is C3H3BBrF3KN3. The van der Waals surface area contributed by atoms with Gasteiger partial charge in [-0.15, -0.1) is 5.10 Å². The Morgan fingerprint density at radius 1 is 1.33 bits per heavy atom. The van der Waals surface area contributed by atoms with Gasteiger partial charge in [0.05, 0.1) is 0 Å². The van der Waals surface area contributed by atoms with Crippen LogP contribution in [0.25, 0.3) is 0 Å². The first-order valence-corrected chi connectivity index (χ1v) is 3.47. The van der Waals surface area contributed by atoms with E-state index in [1.165, 1.54) is 7.05 Å². The van der Waals surface area contributed by atoms with E-state index in [1.807, 2.05) is 0 Å². The molecule has 0 fully saturated rings. The van der Waals surface area contributed by atoms with Crippen molar-refractivity contribution in [3.8, 4) is 0 Å². The Bertz CT molecular complexity index is 274. The Kier molecular flexibility index (Phi) is 4.98. The van der Waals surface area contributed by atoms with Crippen molar-refractivity contribution < 1.29 is 64.3 Å². The zero-order valence-electron chi connectivity index (χ0n) is 6.43. The molecule has 0 aromatic carbocycles. The molecule has 0 saturated heterocycles. The number of hydrogen-bond donors (Lipinski definition) is 0. The van der Waals surface area contributed by atoms with Gasteiger partial charge in [0.1, 0.15) is 4.60 Å². The summed E-state index contributed by atoms with van der Waals surface area (Å²) >= 11 is 2.65. The topological polar surface area (TPSA) is 30.7 Å². The Morgan fingerprint density at radius 2 is 1.83 bits per heavy atom. The largest absolute Gasteiger partial charge is 1.00 e. The molecule has 0 atom stereocenters. The summed E-state index contributed by atoms with van der Waals surface area (Å²) in [6.45, 7) is -5.05. The van der Waals surface area contributed by atoms with Crippen LogP contribution in [0.5, 0.6) is 0 Å². The quantitative estimate of drug-likeness (QED) is 0.533. The van der Waals surface area contributed by atoms with Gasteiger partial charge in [0.15, 0.2) is 0 Å². The molecule has 0 bridgehead atoms. The van der Waals surface area contributed by atoms with Crippen LogP contribution in [-0.2, 0) is 7.05 Å². The van der Waals surface area contributed by atoms with Crippen molar-refractivity contribution in [1.29, 1.82) is 0 Å². The maximum absolute atomic E-state index is 12.0. The van der Waals surface area contributed by atoms with E-state index in [2.05, 4.69) is 26.1 Å². The van der Waals surface area contributed by atoms with Crippen molar-refractivity contribution in [1.82, 2.24) is 15.0 Å². The van der Waals surface area contributed by atoms with E-state index in [-0.39, 0.29) is 56.0 Å². The van der Waals surface area contributed by atoms with Crippen LogP contribution < -0.4 is 57.0 Å². The van der Waals surface area contributed by atoms with Gasteiger partial charge in [0, 0.05) is 12.6 Å². The third-order valence-corrected chi connectivity index (χ3v) is 1.57. The van der Waals surface area contributed by atoms with Crippen molar-refractivity contribution >= 4 is 28.5 Å². The van der Waals surface area contributed by atoms with Gasteiger partial charge in [0.2, 0.25) is 0 Å². The summed E-state index contributed by atoms with van der Waals surface area (Å²) in [6, 6.07) is 0. The number of aromatic nitrogens is 3. The minimum Gasteiger partial charge on any atom is -0.444 e. The van der Waals surface area contributed by atoms with E-state index in [9.17, 15) is 12.9 Å². The van der Waals surface area contributed by atoms with Gasteiger partial charge in [-0.05, 0) is 15.9 Å². The second-order valence-electron chi connectivity index (χ2n) is 1.94. The third-order valence-electron chi connectivity index (χ3n) is 1.01. The van der Waals surface area contributed by atoms with Crippen LogP contribution in [0.3, 0.4) is 0 Å². The average Bonchev–Trinajstić information content (AvgIpc) is 2.08. The molecule has 62 valence electrons. The molecule has 0 aliphatic carbocycles. The first kappa shape index (κ1) is 13.1. The van der Waals surface area contributed by atoms with E-state index in [0.717, 1.165) is 4.80 Å². The monoisotopic (exact) mass is 267 g/mol. The molecule has 0 unspecified atom stereocenters. The number of nitrogens with zero attached hydrogens (tertiary/aromatic N) is 3. The summed E-state index contributed by atoms with van der Waals surface area (Å²) in [4.78, 5) is 0.870. The van der Waals surface area contributed by atoms with E-state index < -0.39 is 12.6 Å². The Morgan fingerprint density at radius 3 is 2.00 bits per heavy atom. The first-order chi connectivity index (χ1) is 4.91. The van der Waals surface area contributed by atoms with Crippen LogP contribution in [0.4, 0.5) is 12.9 Å². The predicted octanol–water partition coefficient (Wildman–Crippen LogP) is -2.36. The molecule has 9 heteroatoms. The van der Waals surface area contributed by atoms with E-state index >= 15 is 0 Å². The van der Waals surface area contributed by atoms with Crippen LogP contribution in [0.15, 0.2) is 4.60 Å². The van der Waals surface area contributed by atoms with Crippen molar-refractivity contribution in [3.63, 3.8) is 0 Å². The van der Waals surface area contributed by atoms with Gasteiger partial charge in [-0.3, -0.25) is 0 Å². The van der Waals surface area contributed by atoms with Crippen LogP contribution in [0.1, 0.15) is 0 Å². The second kappa shape index (κ2) is 4.56. The molecule has 1 rings (SSSR count). The molecule has 1 aromatic rings. The number of hydrogen-bond acceptors (Lipinski definition) is 2. The Balaban J connectivity index is 0.00000121. The zero-order chi connectivity index (χ0) is 8.65. The normalized spacial score (nSPS) is 11.1. The summed E-state index contributed by atoms with van der Waals surface area (Å²) in [5.41, 5.74) is -0.937. The molecule has 1 heterocycles. The molecule has 0 radical (unpaired) electrons. The summed E-state index contributed by atoms with van der Waals surface area (Å²) in [5, 5.41) is 6.54. The van der Waals surface area contributed by atoms with Gasteiger partial charge in [-0.2, -0.15) is 9.90 Å². The molecule has 1 aromatic heterocycles. The van der Waals surface area contributed by atoms with Crippen molar-refractivity contribution in [2.45, 2.75) is 0 Å². The first-order valence-electron chi connectivity index (χ1n) is 2.68. The average molecular weight is 268 g/mol. The molecule has 3 nitrogen and oxygen atoms in total. The van der Waals surface area contributed by atoms with Gasteiger partial charge >= 0.3 is 58.4 Å². The van der Waals surface area contributed by atoms with Crippen molar-refractivity contribution in [2.75, 3.05) is 0 Å². The molecule has 0 spiro atoms. The molecule has 0 aliphatic rings. The van der Waals surface area contributed by atoms with Crippen LogP contribution in [0.2, 0.25) is 0 Å². The summed E-state index contributed by atoms with van der Waals surface area (Å²) in [6.07, 6.45) is 0. The molecule has 0 N–H and O–H groups in total. The Hall–Kier alpha value is 1.11. The fourth-order valence-corrected chi connectivity index (χ4v) is 1.17. The standard InChI is InChI=1S/C3H3BBrF3N3.K/c1-11-9-2(3(5)10-11)4(6,7)8;/h1H3;/q-1;+1. The summed E-state index contributed by atoms with van der Waals surface area (Å²) in [7, 11) is 1.33. The SMILES string of the molecule is Cn1nc(Br)c([B-](F)(F)F)n1.[K+]. The van der Waals surface area contributed by atoms with E-state index in [1.54, 1.807) is 0 Å². The minimum atomic E-state index is -5.05. The molecule has 0 saturated carbocycles. The smallest absolute Gasteiger partial charge is 0.444 e. The van der Waals surface area contributed by atoms with Gasteiger partial charge in [0.25, 0.3) is 0 Å². The van der Waals surface area contributed by atoms with Gasteiger partial charge in [-0.1, -0.05) is 0 Å². The van der Waals surface area contributed by atoms with Gasteiger partial charge < -0.3 is 12.9 Å². The number of halogens is 4. The molecule has 0 amide bonds. The Labute approximate surface area is 118 Å². The van der Waals surface area contributed by atoms with Crippen molar-refractivity contribution in [2.24, 2.45) is 7.05 Å². The zero-order valence-corrected chi connectivity index (χ0v) is 11.1. The minimum absolute atomic E-state index is 0. The van der Waals surface area contributed by atoms with Crippen LogP contribution >= 0.6 is 15.9 Å². The predicted molar refractivity (Wildman–Crippen MR) is 37.4 cm³/mol. The second-order valence-corrected chi connectivity index (χ2v) is 2.69. The number of rotatable bonds is 1. The fourth-order valence-electron chi connectivity index (χ4n) is 0.598. The van der Waals surface area contributed by atoms with Gasteiger partial charge in [-0.25, -0.2) is 0 Å². The van der Waals surface area contributed by atoms with Crippen molar-refractivity contribution in [3.05, 3.63) is 4.60 Å². The third kappa shape index (κ3) is 3.11. The maximum atomic E-state index is 12.0. The summed E-state index contributed by atoms with van der Waals surface area (Å²) < 4.78 is 35.7. The van der Waals surface area contributed by atoms with Crippen LogP contribution in [0, 0.1) is 0 Å². The fraction of sp³-hybridized carbons (Fsp3) is 0.333. The van der Waals surface area contributed by atoms with Crippen LogP contribution in [-0.4, -0.2) is 22.0 Å². The summed E-state index contributed by atoms with van der Waals surface area (Å²) in [5.74, 6) is 0. The maximum Gasteiger partial charge on any atom is 1.00 e.